The molecule has 0 saturated carbocycles. The summed E-state index contributed by atoms with van der Waals surface area (Å²) in [5.74, 6) is 0.360. The number of hydrogen-bond acceptors (Lipinski definition) is 4. The largest absolute Gasteiger partial charge is 0.497 e. The maximum atomic E-state index is 13.9. The molecular weight excluding hydrogens is 321 g/mol. The van der Waals surface area contributed by atoms with Crippen LogP contribution in [0.2, 0.25) is 0 Å². The maximum Gasteiger partial charge on any atom is 0.232 e. The van der Waals surface area contributed by atoms with Gasteiger partial charge in [-0.25, -0.2) is 12.8 Å². The van der Waals surface area contributed by atoms with Gasteiger partial charge in [0.05, 0.1) is 32.7 Å². The minimum Gasteiger partial charge on any atom is -0.497 e. The summed E-state index contributed by atoms with van der Waals surface area (Å²) in [7, 11) is -0.741. The fraction of sp³-hybridized carbons (Fsp3) is 0.250. The molecular formula is C16H18FNO4S. The summed E-state index contributed by atoms with van der Waals surface area (Å²) < 4.78 is 49.8. The lowest BCUT2D eigenvalue weighted by Crippen LogP contribution is -2.30. The molecule has 5 nitrogen and oxygen atoms in total. The molecule has 7 heteroatoms. The Morgan fingerprint density at radius 3 is 2.35 bits per heavy atom. The molecule has 2 rings (SSSR count). The number of methoxy groups -OCH3 is 2. The molecule has 0 amide bonds. The van der Waals surface area contributed by atoms with Gasteiger partial charge in [0.15, 0.2) is 0 Å². The second kappa shape index (κ2) is 6.87. The van der Waals surface area contributed by atoms with Gasteiger partial charge in [-0.05, 0) is 18.2 Å². The Labute approximate surface area is 135 Å². The standard InChI is InChI=1S/C16H18FNO4S/c1-21-13-8-9-16(22-2)15(10-13)18(23(3,19)20)11-12-6-4-5-7-14(12)17/h4-10H,11H2,1-3H3. The van der Waals surface area contributed by atoms with E-state index in [1.54, 1.807) is 36.4 Å². The third-order valence-corrected chi connectivity index (χ3v) is 4.45. The van der Waals surface area contributed by atoms with Crippen molar-refractivity contribution in [2.45, 2.75) is 6.54 Å². The Balaban J connectivity index is 2.54. The Kier molecular flexibility index (Phi) is 5.10. The first-order chi connectivity index (χ1) is 10.9. The number of hydrogen-bond donors (Lipinski definition) is 0. The highest BCUT2D eigenvalue weighted by Crippen LogP contribution is 2.34. The number of anilines is 1. The van der Waals surface area contributed by atoms with Gasteiger partial charge in [-0.15, -0.1) is 0 Å². The van der Waals surface area contributed by atoms with Crippen molar-refractivity contribution in [2.75, 3.05) is 24.8 Å². The van der Waals surface area contributed by atoms with Gasteiger partial charge in [0.1, 0.15) is 17.3 Å². The van der Waals surface area contributed by atoms with Crippen molar-refractivity contribution in [3.8, 4) is 11.5 Å². The van der Waals surface area contributed by atoms with Crippen molar-refractivity contribution in [2.24, 2.45) is 0 Å². The molecule has 0 saturated heterocycles. The van der Waals surface area contributed by atoms with E-state index in [1.165, 1.54) is 20.3 Å². The first-order valence-electron chi connectivity index (χ1n) is 6.80. The van der Waals surface area contributed by atoms with Gasteiger partial charge in [-0.2, -0.15) is 0 Å². The van der Waals surface area contributed by atoms with Crippen LogP contribution < -0.4 is 13.8 Å². The number of benzene rings is 2. The third kappa shape index (κ3) is 3.92. The summed E-state index contributed by atoms with van der Waals surface area (Å²) in [4.78, 5) is 0. The maximum absolute atomic E-state index is 13.9. The van der Waals surface area contributed by atoms with Crippen molar-refractivity contribution in [3.05, 3.63) is 53.8 Å². The van der Waals surface area contributed by atoms with Gasteiger partial charge in [0.25, 0.3) is 0 Å². The quantitative estimate of drug-likeness (QED) is 0.812. The van der Waals surface area contributed by atoms with Crippen molar-refractivity contribution >= 4 is 15.7 Å². The number of nitrogens with zero attached hydrogens (tertiary/aromatic N) is 1. The van der Waals surface area contributed by atoms with Gasteiger partial charge in [0, 0.05) is 11.6 Å². The molecule has 0 aliphatic rings. The van der Waals surface area contributed by atoms with E-state index in [1.807, 2.05) is 0 Å². The van der Waals surface area contributed by atoms with E-state index in [9.17, 15) is 12.8 Å². The monoisotopic (exact) mass is 339 g/mol. The highest BCUT2D eigenvalue weighted by Gasteiger charge is 2.23. The first-order valence-corrected chi connectivity index (χ1v) is 8.64. The molecule has 0 spiro atoms. The second-order valence-corrected chi connectivity index (χ2v) is 6.81. The van der Waals surface area contributed by atoms with E-state index in [0.29, 0.717) is 11.5 Å². The first kappa shape index (κ1) is 17.1. The smallest absolute Gasteiger partial charge is 0.232 e. The molecule has 0 heterocycles. The molecule has 2 aromatic rings. The lowest BCUT2D eigenvalue weighted by Gasteiger charge is -2.25. The Bertz CT molecular complexity index is 792. The van der Waals surface area contributed by atoms with Gasteiger partial charge in [-0.1, -0.05) is 18.2 Å². The number of ether oxygens (including phenoxy) is 2. The fourth-order valence-electron chi connectivity index (χ4n) is 2.15. The molecule has 0 aliphatic carbocycles. The van der Waals surface area contributed by atoms with Crippen molar-refractivity contribution < 1.29 is 22.3 Å². The van der Waals surface area contributed by atoms with E-state index in [-0.39, 0.29) is 17.8 Å². The summed E-state index contributed by atoms with van der Waals surface area (Å²) in [6, 6.07) is 10.8. The van der Waals surface area contributed by atoms with Crippen LogP contribution in [0.25, 0.3) is 0 Å². The van der Waals surface area contributed by atoms with E-state index in [0.717, 1.165) is 10.6 Å². The van der Waals surface area contributed by atoms with E-state index < -0.39 is 15.8 Å². The molecule has 0 atom stereocenters. The molecule has 0 radical (unpaired) electrons. The van der Waals surface area contributed by atoms with Crippen LogP contribution in [-0.4, -0.2) is 28.9 Å². The zero-order chi connectivity index (χ0) is 17.0. The Morgan fingerprint density at radius 2 is 1.78 bits per heavy atom. The van der Waals surface area contributed by atoms with Crippen LogP contribution in [-0.2, 0) is 16.6 Å². The SMILES string of the molecule is COc1ccc(OC)c(N(Cc2ccccc2F)S(C)(=O)=O)c1. The Hall–Kier alpha value is -2.28. The van der Waals surface area contributed by atoms with Crippen molar-refractivity contribution in [1.29, 1.82) is 0 Å². The Morgan fingerprint density at radius 1 is 1.09 bits per heavy atom. The predicted molar refractivity (Wildman–Crippen MR) is 87.0 cm³/mol. The zero-order valence-electron chi connectivity index (χ0n) is 13.1. The predicted octanol–water partition coefficient (Wildman–Crippen LogP) is 2.81. The van der Waals surface area contributed by atoms with Gasteiger partial charge in [-0.3, -0.25) is 4.31 Å². The molecule has 0 N–H and O–H groups in total. The normalized spacial score (nSPS) is 11.1. The highest BCUT2D eigenvalue weighted by molar-refractivity contribution is 7.92. The average Bonchev–Trinajstić information content (AvgIpc) is 2.52. The van der Waals surface area contributed by atoms with Crippen LogP contribution in [0.15, 0.2) is 42.5 Å². The molecule has 0 aromatic heterocycles. The van der Waals surface area contributed by atoms with Gasteiger partial charge >= 0.3 is 0 Å². The minimum atomic E-state index is -3.66. The summed E-state index contributed by atoms with van der Waals surface area (Å²) in [5.41, 5.74) is 0.556. The summed E-state index contributed by atoms with van der Waals surface area (Å²) >= 11 is 0. The minimum absolute atomic E-state index is 0.144. The van der Waals surface area contributed by atoms with Crippen LogP contribution in [0.5, 0.6) is 11.5 Å². The molecule has 0 bridgehead atoms. The highest BCUT2D eigenvalue weighted by atomic mass is 32.2. The van der Waals surface area contributed by atoms with Crippen LogP contribution in [0.4, 0.5) is 10.1 Å². The van der Waals surface area contributed by atoms with Crippen LogP contribution in [0.1, 0.15) is 5.56 Å². The summed E-state index contributed by atoms with van der Waals surface area (Å²) in [6.07, 6.45) is 1.06. The molecule has 0 unspecified atom stereocenters. The zero-order valence-corrected chi connectivity index (χ0v) is 13.9. The second-order valence-electron chi connectivity index (χ2n) is 4.90. The third-order valence-electron chi connectivity index (χ3n) is 3.33. The topological polar surface area (TPSA) is 55.8 Å². The molecule has 0 fully saturated rings. The van der Waals surface area contributed by atoms with Crippen LogP contribution >= 0.6 is 0 Å². The van der Waals surface area contributed by atoms with Crippen molar-refractivity contribution in [3.63, 3.8) is 0 Å². The van der Waals surface area contributed by atoms with E-state index >= 15 is 0 Å². The number of sulfonamides is 1. The van der Waals surface area contributed by atoms with Crippen molar-refractivity contribution in [1.82, 2.24) is 0 Å². The lowest BCUT2D eigenvalue weighted by molar-refractivity contribution is 0.403. The average molecular weight is 339 g/mol. The number of rotatable bonds is 6. The lowest BCUT2D eigenvalue weighted by atomic mass is 10.2. The summed E-state index contributed by atoms with van der Waals surface area (Å²) in [5, 5.41) is 0. The van der Waals surface area contributed by atoms with Crippen LogP contribution in [0.3, 0.4) is 0 Å². The summed E-state index contributed by atoms with van der Waals surface area (Å²) in [6.45, 7) is -0.144. The molecule has 124 valence electrons. The fourth-order valence-corrected chi connectivity index (χ4v) is 3.03. The molecule has 2 aromatic carbocycles. The molecule has 23 heavy (non-hydrogen) atoms. The molecule has 0 aliphatic heterocycles. The van der Waals surface area contributed by atoms with Crippen LogP contribution in [0, 0.1) is 5.82 Å². The van der Waals surface area contributed by atoms with Gasteiger partial charge < -0.3 is 9.47 Å². The van der Waals surface area contributed by atoms with E-state index in [2.05, 4.69) is 0 Å². The van der Waals surface area contributed by atoms with Gasteiger partial charge in [0.2, 0.25) is 10.0 Å². The van der Waals surface area contributed by atoms with E-state index in [4.69, 9.17) is 9.47 Å². The number of halogens is 1.